The van der Waals surface area contributed by atoms with Crippen molar-refractivity contribution >= 4 is 5.97 Å². The first kappa shape index (κ1) is 24.2. The van der Waals surface area contributed by atoms with Gasteiger partial charge in [-0.25, -0.2) is 4.79 Å². The predicted octanol–water partition coefficient (Wildman–Crippen LogP) is 5.38. The molecule has 1 fully saturated rings. The smallest absolute Gasteiger partial charge is 0.416 e. The van der Waals surface area contributed by atoms with Gasteiger partial charge in [-0.2, -0.15) is 13.2 Å². The number of halogens is 3. The van der Waals surface area contributed by atoms with Crippen molar-refractivity contribution < 1.29 is 36.9 Å². The van der Waals surface area contributed by atoms with Gasteiger partial charge < -0.3 is 18.9 Å². The van der Waals surface area contributed by atoms with E-state index in [9.17, 15) is 18.0 Å². The van der Waals surface area contributed by atoms with Gasteiger partial charge >= 0.3 is 12.1 Å². The molecule has 8 heteroatoms. The third-order valence-corrected chi connectivity index (χ3v) is 5.19. The van der Waals surface area contributed by atoms with Gasteiger partial charge in [-0.1, -0.05) is 49.7 Å². The van der Waals surface area contributed by atoms with E-state index in [1.807, 2.05) is 6.92 Å². The van der Waals surface area contributed by atoms with Crippen LogP contribution in [0.4, 0.5) is 13.2 Å². The van der Waals surface area contributed by atoms with Gasteiger partial charge in [0.2, 0.25) is 0 Å². The third-order valence-electron chi connectivity index (χ3n) is 5.19. The molecule has 0 bridgehead atoms. The van der Waals surface area contributed by atoms with E-state index in [0.717, 1.165) is 12.5 Å². The van der Waals surface area contributed by atoms with Crippen LogP contribution in [0.1, 0.15) is 48.2 Å². The molecule has 1 saturated heterocycles. The Bertz CT molecular complexity index is 871. The van der Waals surface area contributed by atoms with Crippen molar-refractivity contribution in [3.8, 4) is 0 Å². The molecule has 0 spiro atoms. The number of carbonyl (C=O) groups excluding carboxylic acids is 1. The lowest BCUT2D eigenvalue weighted by molar-refractivity contribution is -0.280. The third kappa shape index (κ3) is 6.31. The first-order valence-corrected chi connectivity index (χ1v) is 10.6. The van der Waals surface area contributed by atoms with E-state index in [2.05, 4.69) is 0 Å². The summed E-state index contributed by atoms with van der Waals surface area (Å²) in [5.41, 5.74) is -0.335. The van der Waals surface area contributed by atoms with Gasteiger partial charge in [-0.15, -0.1) is 0 Å². The molecule has 0 saturated carbocycles. The molecule has 2 aromatic carbocycles. The van der Waals surface area contributed by atoms with E-state index in [4.69, 9.17) is 18.9 Å². The summed E-state index contributed by atoms with van der Waals surface area (Å²) in [5.74, 6) is -0.513. The monoisotopic (exact) mass is 452 g/mol. The van der Waals surface area contributed by atoms with E-state index in [1.54, 1.807) is 37.3 Å². The van der Waals surface area contributed by atoms with Gasteiger partial charge in [0, 0.05) is 0 Å². The second-order valence-electron chi connectivity index (χ2n) is 7.63. The Labute approximate surface area is 185 Å². The lowest BCUT2D eigenvalue weighted by Gasteiger charge is -2.39. The molecule has 1 heterocycles. The van der Waals surface area contributed by atoms with Crippen molar-refractivity contribution in [1.29, 1.82) is 0 Å². The van der Waals surface area contributed by atoms with E-state index >= 15 is 0 Å². The zero-order valence-corrected chi connectivity index (χ0v) is 18.0. The fraction of sp³-hybridized carbons (Fsp3) is 0.458. The molecule has 0 N–H and O–H groups in total. The second kappa shape index (κ2) is 10.9. The number of rotatable bonds is 8. The number of hydrogen-bond donors (Lipinski definition) is 0. The molecule has 3 rings (SSSR count). The fourth-order valence-corrected chi connectivity index (χ4v) is 3.54. The van der Waals surface area contributed by atoms with E-state index in [0.29, 0.717) is 12.0 Å². The minimum atomic E-state index is -4.48. The van der Waals surface area contributed by atoms with Crippen LogP contribution in [0.5, 0.6) is 0 Å². The molecule has 1 aliphatic heterocycles. The zero-order chi connectivity index (χ0) is 23.1. The minimum absolute atomic E-state index is 0.0170. The largest absolute Gasteiger partial charge is 0.456 e. The maximum absolute atomic E-state index is 13.3. The Morgan fingerprint density at radius 1 is 1.12 bits per heavy atom. The Morgan fingerprint density at radius 3 is 2.50 bits per heavy atom. The molecule has 0 radical (unpaired) electrons. The van der Waals surface area contributed by atoms with Gasteiger partial charge in [0.25, 0.3) is 0 Å². The van der Waals surface area contributed by atoms with Crippen molar-refractivity contribution in [2.45, 2.75) is 64.1 Å². The Balaban J connectivity index is 1.71. The molecular formula is C24H27F3O5. The second-order valence-corrected chi connectivity index (χ2v) is 7.63. The summed E-state index contributed by atoms with van der Waals surface area (Å²) in [6.45, 7) is 3.51. The lowest BCUT2D eigenvalue weighted by atomic mass is 10.1. The fourth-order valence-electron chi connectivity index (χ4n) is 3.54. The van der Waals surface area contributed by atoms with Crippen molar-refractivity contribution in [3.05, 3.63) is 71.3 Å². The predicted molar refractivity (Wildman–Crippen MR) is 111 cm³/mol. The van der Waals surface area contributed by atoms with E-state index in [1.165, 1.54) is 18.2 Å². The van der Waals surface area contributed by atoms with Crippen molar-refractivity contribution in [1.82, 2.24) is 0 Å². The average Bonchev–Trinajstić information content (AvgIpc) is 2.78. The van der Waals surface area contributed by atoms with E-state index in [-0.39, 0.29) is 18.8 Å². The lowest BCUT2D eigenvalue weighted by Crippen LogP contribution is -2.51. The molecule has 32 heavy (non-hydrogen) atoms. The molecule has 2 aromatic rings. The topological polar surface area (TPSA) is 54.0 Å². The van der Waals surface area contributed by atoms with Gasteiger partial charge in [0.1, 0.15) is 18.3 Å². The number of carbonyl (C=O) groups is 1. The summed E-state index contributed by atoms with van der Waals surface area (Å²) in [5, 5.41) is 0. The normalized spacial score (nSPS) is 22.3. The highest BCUT2D eigenvalue weighted by Gasteiger charge is 2.39. The van der Waals surface area contributed by atoms with Crippen molar-refractivity contribution in [2.24, 2.45) is 0 Å². The van der Waals surface area contributed by atoms with Gasteiger partial charge in [-0.05, 0) is 37.1 Å². The molecule has 4 atom stereocenters. The van der Waals surface area contributed by atoms with Crippen LogP contribution in [0.3, 0.4) is 0 Å². The Morgan fingerprint density at radius 2 is 1.81 bits per heavy atom. The summed E-state index contributed by atoms with van der Waals surface area (Å²) < 4.78 is 62.9. The highest BCUT2D eigenvalue weighted by atomic mass is 19.4. The molecule has 0 amide bonds. The number of esters is 1. The van der Waals surface area contributed by atoms with Gasteiger partial charge in [-0.3, -0.25) is 0 Å². The van der Waals surface area contributed by atoms with Gasteiger partial charge in [0.15, 0.2) is 6.29 Å². The van der Waals surface area contributed by atoms with Crippen LogP contribution in [0.2, 0.25) is 0 Å². The summed E-state index contributed by atoms with van der Waals surface area (Å²) in [7, 11) is 0. The van der Waals surface area contributed by atoms with Crippen molar-refractivity contribution in [2.75, 3.05) is 6.61 Å². The molecule has 0 aromatic heterocycles. The molecule has 1 aliphatic rings. The maximum Gasteiger partial charge on any atom is 0.416 e. The van der Waals surface area contributed by atoms with Crippen LogP contribution >= 0.6 is 0 Å². The quantitative estimate of drug-likeness (QED) is 0.504. The van der Waals surface area contributed by atoms with Crippen LogP contribution in [0.15, 0.2) is 54.6 Å². The molecule has 1 unspecified atom stereocenters. The molecule has 0 aliphatic carbocycles. The minimum Gasteiger partial charge on any atom is -0.456 e. The molecule has 5 nitrogen and oxygen atoms in total. The SMILES string of the molecule is CCC[C@H]1OC[C@@H](OCc2ccccc2C(F)(F)F)[C@@H](C(C)OC(=O)c2ccccc2)O1. The summed E-state index contributed by atoms with van der Waals surface area (Å²) >= 11 is 0. The standard InChI is InChI=1S/C24H27F3O5/c1-3-9-21-30-15-20(29-14-18-12-7-8-13-19(18)24(25,26)27)22(32-21)16(2)31-23(28)17-10-5-4-6-11-17/h4-8,10-13,16,20-22H,3,9,14-15H2,1-2H3/t16?,20-,21+,22-/m1/s1. The number of ether oxygens (including phenoxy) is 4. The maximum atomic E-state index is 13.3. The first-order valence-electron chi connectivity index (χ1n) is 10.6. The summed E-state index contributed by atoms with van der Waals surface area (Å²) in [6.07, 6.45) is -5.61. The van der Waals surface area contributed by atoms with Crippen LogP contribution in [0.25, 0.3) is 0 Å². The number of benzene rings is 2. The number of alkyl halides is 3. The highest BCUT2D eigenvalue weighted by molar-refractivity contribution is 5.89. The Hall–Kier alpha value is -2.42. The van der Waals surface area contributed by atoms with Crippen LogP contribution in [-0.2, 0) is 31.7 Å². The van der Waals surface area contributed by atoms with E-state index < -0.39 is 42.3 Å². The number of hydrogen-bond acceptors (Lipinski definition) is 5. The average molecular weight is 452 g/mol. The van der Waals surface area contributed by atoms with Crippen LogP contribution < -0.4 is 0 Å². The molecule has 174 valence electrons. The highest BCUT2D eigenvalue weighted by Crippen LogP contribution is 2.33. The van der Waals surface area contributed by atoms with Crippen LogP contribution in [0, 0.1) is 0 Å². The summed E-state index contributed by atoms with van der Waals surface area (Å²) in [6, 6.07) is 13.8. The van der Waals surface area contributed by atoms with Gasteiger partial charge in [0.05, 0.1) is 24.3 Å². The Kier molecular flexibility index (Phi) is 8.28. The first-order chi connectivity index (χ1) is 15.3. The van der Waals surface area contributed by atoms with Crippen molar-refractivity contribution in [3.63, 3.8) is 0 Å². The summed E-state index contributed by atoms with van der Waals surface area (Å²) in [4.78, 5) is 12.5. The zero-order valence-electron chi connectivity index (χ0n) is 18.0. The van der Waals surface area contributed by atoms with Crippen LogP contribution in [-0.4, -0.2) is 37.2 Å². The molecular weight excluding hydrogens is 425 g/mol.